The van der Waals surface area contributed by atoms with E-state index in [4.69, 9.17) is 0 Å². The maximum atomic E-state index is 4.61. The molecule has 1 aliphatic rings. The molecule has 0 fully saturated rings. The molecule has 1 atom stereocenters. The third kappa shape index (κ3) is 1.18. The average molecular weight is 202 g/mol. The summed E-state index contributed by atoms with van der Waals surface area (Å²) >= 11 is 0. The lowest BCUT2D eigenvalue weighted by Gasteiger charge is -2.28. The fourth-order valence-electron chi connectivity index (χ4n) is 2.24. The minimum atomic E-state index is 0.402. The molecule has 0 saturated heterocycles. The molecule has 15 heavy (non-hydrogen) atoms. The summed E-state index contributed by atoms with van der Waals surface area (Å²) in [6.45, 7) is 3.29. The molecule has 1 aliphatic heterocycles. The summed E-state index contributed by atoms with van der Waals surface area (Å²) in [4.78, 5) is 6.95. The standard InChI is InChI=1S/C11H14N4/c1-8-11-9(5-7-14(8)2)13-10-4-3-6-12-15(10)11/h3-4,6,8H,5,7H2,1-2H3/t8-/m0/s1. The number of rotatable bonds is 0. The second-order valence-electron chi connectivity index (χ2n) is 4.14. The van der Waals surface area contributed by atoms with Crippen LogP contribution in [0.3, 0.4) is 0 Å². The number of imidazole rings is 1. The lowest BCUT2D eigenvalue weighted by atomic mass is 10.1. The summed E-state index contributed by atoms with van der Waals surface area (Å²) in [6, 6.07) is 4.35. The molecule has 0 unspecified atom stereocenters. The Labute approximate surface area is 88.5 Å². The molecule has 0 saturated carbocycles. The third-order valence-electron chi connectivity index (χ3n) is 3.26. The third-order valence-corrected chi connectivity index (χ3v) is 3.26. The van der Waals surface area contributed by atoms with E-state index in [1.54, 1.807) is 0 Å². The molecule has 0 amide bonds. The van der Waals surface area contributed by atoms with Gasteiger partial charge in [0, 0.05) is 19.2 Å². The number of hydrogen-bond acceptors (Lipinski definition) is 3. The molecular formula is C11H14N4. The monoisotopic (exact) mass is 202 g/mol. The van der Waals surface area contributed by atoms with Gasteiger partial charge in [-0.2, -0.15) is 5.10 Å². The fraction of sp³-hybridized carbons (Fsp3) is 0.455. The Hall–Kier alpha value is -1.42. The van der Waals surface area contributed by atoms with E-state index < -0.39 is 0 Å². The second kappa shape index (κ2) is 3.03. The van der Waals surface area contributed by atoms with E-state index in [-0.39, 0.29) is 0 Å². The van der Waals surface area contributed by atoms with Crippen molar-refractivity contribution in [1.82, 2.24) is 19.5 Å². The van der Waals surface area contributed by atoms with Gasteiger partial charge in [0.05, 0.1) is 17.4 Å². The van der Waals surface area contributed by atoms with Gasteiger partial charge < -0.3 is 0 Å². The van der Waals surface area contributed by atoms with Crippen LogP contribution in [0.4, 0.5) is 0 Å². The molecular weight excluding hydrogens is 188 g/mol. The van der Waals surface area contributed by atoms with Crippen LogP contribution in [0.1, 0.15) is 24.4 Å². The van der Waals surface area contributed by atoms with Crippen molar-refractivity contribution in [2.75, 3.05) is 13.6 Å². The van der Waals surface area contributed by atoms with Crippen LogP contribution in [0.2, 0.25) is 0 Å². The molecule has 0 radical (unpaired) electrons. The highest BCUT2D eigenvalue weighted by molar-refractivity contribution is 5.42. The Kier molecular flexibility index (Phi) is 1.79. The fourth-order valence-corrected chi connectivity index (χ4v) is 2.24. The predicted octanol–water partition coefficient (Wildman–Crippen LogP) is 1.28. The molecule has 2 aromatic heterocycles. The quantitative estimate of drug-likeness (QED) is 0.645. The second-order valence-corrected chi connectivity index (χ2v) is 4.14. The number of fused-ring (bicyclic) bond motifs is 3. The van der Waals surface area contributed by atoms with E-state index in [0.29, 0.717) is 6.04 Å². The number of hydrogen-bond donors (Lipinski definition) is 0. The Bertz CT molecular complexity index is 502. The van der Waals surface area contributed by atoms with Gasteiger partial charge in [0.2, 0.25) is 0 Å². The van der Waals surface area contributed by atoms with E-state index in [0.717, 1.165) is 18.6 Å². The summed E-state index contributed by atoms with van der Waals surface area (Å²) in [7, 11) is 2.15. The smallest absolute Gasteiger partial charge is 0.154 e. The summed E-state index contributed by atoms with van der Waals surface area (Å²) in [5, 5.41) is 4.37. The maximum Gasteiger partial charge on any atom is 0.154 e. The van der Waals surface area contributed by atoms with Crippen LogP contribution < -0.4 is 0 Å². The van der Waals surface area contributed by atoms with Crippen LogP contribution in [0.15, 0.2) is 18.3 Å². The van der Waals surface area contributed by atoms with E-state index in [1.165, 1.54) is 11.4 Å². The zero-order chi connectivity index (χ0) is 10.4. The molecule has 78 valence electrons. The first-order valence-electron chi connectivity index (χ1n) is 5.30. The molecule has 3 rings (SSSR count). The lowest BCUT2D eigenvalue weighted by Crippen LogP contribution is -2.31. The van der Waals surface area contributed by atoms with E-state index >= 15 is 0 Å². The van der Waals surface area contributed by atoms with Crippen molar-refractivity contribution in [1.29, 1.82) is 0 Å². The molecule has 3 heterocycles. The van der Waals surface area contributed by atoms with Crippen molar-refractivity contribution in [3.05, 3.63) is 29.7 Å². The van der Waals surface area contributed by atoms with E-state index in [1.807, 2.05) is 22.8 Å². The van der Waals surface area contributed by atoms with Gasteiger partial charge >= 0.3 is 0 Å². The van der Waals surface area contributed by atoms with Crippen LogP contribution in [0, 0.1) is 0 Å². The normalized spacial score (nSPS) is 21.9. The SMILES string of the molecule is C[C@H]1c2c(nc3cccnn23)CCN1C. The minimum absolute atomic E-state index is 0.402. The van der Waals surface area contributed by atoms with Gasteiger partial charge in [-0.25, -0.2) is 9.50 Å². The topological polar surface area (TPSA) is 33.4 Å². The Morgan fingerprint density at radius 3 is 3.20 bits per heavy atom. The summed E-state index contributed by atoms with van der Waals surface area (Å²) in [6.07, 6.45) is 2.84. The molecule has 0 spiro atoms. The van der Waals surface area contributed by atoms with Crippen LogP contribution >= 0.6 is 0 Å². The first-order valence-corrected chi connectivity index (χ1v) is 5.30. The van der Waals surface area contributed by atoms with Gasteiger partial charge in [0.25, 0.3) is 0 Å². The molecule has 0 aromatic carbocycles. The molecule has 0 bridgehead atoms. The van der Waals surface area contributed by atoms with E-state index in [2.05, 4.69) is 29.0 Å². The zero-order valence-electron chi connectivity index (χ0n) is 9.01. The van der Waals surface area contributed by atoms with Gasteiger partial charge in [0.15, 0.2) is 5.65 Å². The van der Waals surface area contributed by atoms with Gasteiger partial charge in [-0.1, -0.05) is 0 Å². The summed E-state index contributed by atoms with van der Waals surface area (Å²) in [5.74, 6) is 0. The van der Waals surface area contributed by atoms with Crippen molar-refractivity contribution in [2.45, 2.75) is 19.4 Å². The Morgan fingerprint density at radius 2 is 2.33 bits per heavy atom. The molecule has 0 aliphatic carbocycles. The minimum Gasteiger partial charge on any atom is -0.298 e. The zero-order valence-corrected chi connectivity index (χ0v) is 9.01. The van der Waals surface area contributed by atoms with Crippen LogP contribution in [0.25, 0.3) is 5.65 Å². The van der Waals surface area contributed by atoms with Crippen LogP contribution in [-0.2, 0) is 6.42 Å². The first kappa shape index (κ1) is 8.85. The first-order chi connectivity index (χ1) is 7.27. The van der Waals surface area contributed by atoms with Crippen molar-refractivity contribution in [2.24, 2.45) is 0 Å². The van der Waals surface area contributed by atoms with Crippen molar-refractivity contribution in [3.63, 3.8) is 0 Å². The van der Waals surface area contributed by atoms with E-state index in [9.17, 15) is 0 Å². The average Bonchev–Trinajstić information content (AvgIpc) is 2.62. The Balaban J connectivity index is 2.29. The Morgan fingerprint density at radius 1 is 1.47 bits per heavy atom. The molecule has 0 N–H and O–H groups in total. The summed E-state index contributed by atoms with van der Waals surface area (Å²) < 4.78 is 1.97. The molecule has 4 heteroatoms. The van der Waals surface area contributed by atoms with Crippen LogP contribution in [0.5, 0.6) is 0 Å². The maximum absolute atomic E-state index is 4.61. The lowest BCUT2D eigenvalue weighted by molar-refractivity contribution is 0.239. The molecule has 2 aromatic rings. The highest BCUT2D eigenvalue weighted by atomic mass is 15.3. The van der Waals surface area contributed by atoms with Crippen molar-refractivity contribution < 1.29 is 0 Å². The largest absolute Gasteiger partial charge is 0.298 e. The van der Waals surface area contributed by atoms with Crippen molar-refractivity contribution in [3.8, 4) is 0 Å². The predicted molar refractivity (Wildman–Crippen MR) is 57.7 cm³/mol. The number of nitrogens with zero attached hydrogens (tertiary/aromatic N) is 4. The summed E-state index contributed by atoms with van der Waals surface area (Å²) in [5.41, 5.74) is 3.42. The number of aromatic nitrogens is 3. The van der Waals surface area contributed by atoms with Gasteiger partial charge in [-0.05, 0) is 26.1 Å². The number of likely N-dealkylation sites (N-methyl/N-ethyl adjacent to an activating group) is 1. The highest BCUT2D eigenvalue weighted by Crippen LogP contribution is 2.27. The van der Waals surface area contributed by atoms with Crippen molar-refractivity contribution >= 4 is 5.65 Å². The van der Waals surface area contributed by atoms with Crippen LogP contribution in [-0.4, -0.2) is 33.1 Å². The van der Waals surface area contributed by atoms with Gasteiger partial charge in [-0.3, -0.25) is 4.90 Å². The van der Waals surface area contributed by atoms with Gasteiger partial charge in [0.1, 0.15) is 0 Å². The highest BCUT2D eigenvalue weighted by Gasteiger charge is 2.26. The van der Waals surface area contributed by atoms with Gasteiger partial charge in [-0.15, -0.1) is 0 Å². The molecule has 4 nitrogen and oxygen atoms in total.